The van der Waals surface area contributed by atoms with Crippen molar-refractivity contribution in [2.24, 2.45) is 0 Å². The first-order chi connectivity index (χ1) is 6.56. The van der Waals surface area contributed by atoms with Gasteiger partial charge >= 0.3 is 0 Å². The Morgan fingerprint density at radius 2 is 2.00 bits per heavy atom. The molecule has 0 N–H and O–H groups in total. The Labute approximate surface area is 85.4 Å². The number of hydrogen-bond donors (Lipinski definition) is 0. The molecule has 0 spiro atoms. The first kappa shape index (κ1) is 11.2. The molecule has 1 aromatic heterocycles. The lowest BCUT2D eigenvalue weighted by atomic mass is 9.99. The molecular formula is C12H18FN. The summed E-state index contributed by atoms with van der Waals surface area (Å²) in [5, 5.41) is 0. The zero-order chi connectivity index (χ0) is 10.7. The molecular weight excluding hydrogens is 177 g/mol. The van der Waals surface area contributed by atoms with Gasteiger partial charge in [0.15, 0.2) is 0 Å². The van der Waals surface area contributed by atoms with E-state index in [1.165, 1.54) is 0 Å². The first-order valence-corrected chi connectivity index (χ1v) is 5.21. The van der Waals surface area contributed by atoms with Crippen LogP contribution in [-0.2, 0) is 0 Å². The fourth-order valence-electron chi connectivity index (χ4n) is 1.39. The van der Waals surface area contributed by atoms with Crippen molar-refractivity contribution in [1.29, 1.82) is 0 Å². The molecule has 78 valence electrons. The second-order valence-electron chi connectivity index (χ2n) is 4.10. The third-order valence-electron chi connectivity index (χ3n) is 2.62. The van der Waals surface area contributed by atoms with E-state index in [1.54, 1.807) is 12.3 Å². The van der Waals surface area contributed by atoms with Gasteiger partial charge in [0.1, 0.15) is 5.82 Å². The van der Waals surface area contributed by atoms with E-state index in [0.29, 0.717) is 11.6 Å². The maximum Gasteiger partial charge on any atom is 0.145 e. The molecule has 0 fully saturated rings. The zero-order valence-corrected chi connectivity index (χ0v) is 9.34. The minimum Gasteiger partial charge on any atom is -0.258 e. The van der Waals surface area contributed by atoms with E-state index in [1.807, 2.05) is 13.8 Å². The van der Waals surface area contributed by atoms with E-state index in [2.05, 4.69) is 18.8 Å². The highest BCUT2D eigenvalue weighted by molar-refractivity contribution is 5.21. The smallest absolute Gasteiger partial charge is 0.145 e. The maximum atomic E-state index is 13.5. The van der Waals surface area contributed by atoms with Crippen LogP contribution in [0.15, 0.2) is 12.3 Å². The lowest BCUT2D eigenvalue weighted by molar-refractivity contribution is 0.576. The predicted octanol–water partition coefficient (Wildman–Crippen LogP) is 3.86. The molecule has 0 amide bonds. The Kier molecular flexibility index (Phi) is 3.62. The number of pyridine rings is 1. The minimum atomic E-state index is -0.169. The van der Waals surface area contributed by atoms with Crippen molar-refractivity contribution in [3.05, 3.63) is 29.3 Å². The molecule has 0 bridgehead atoms. The standard InChI is InChI=1S/C12H18FN/c1-5-9(4)10-6-11(13)12(8(2)3)14-7-10/h6-9H,5H2,1-4H3. The van der Waals surface area contributed by atoms with Gasteiger partial charge in [-0.05, 0) is 29.9 Å². The second-order valence-corrected chi connectivity index (χ2v) is 4.10. The summed E-state index contributed by atoms with van der Waals surface area (Å²) in [5.41, 5.74) is 1.56. The molecule has 1 rings (SSSR count). The molecule has 0 aliphatic carbocycles. The lowest BCUT2D eigenvalue weighted by Crippen LogP contribution is -2.01. The molecule has 0 aliphatic heterocycles. The number of nitrogens with zero attached hydrogens (tertiary/aromatic N) is 1. The fourth-order valence-corrected chi connectivity index (χ4v) is 1.39. The molecule has 0 aromatic carbocycles. The molecule has 0 saturated heterocycles. The van der Waals surface area contributed by atoms with Gasteiger partial charge in [0.05, 0.1) is 5.69 Å². The Morgan fingerprint density at radius 3 is 2.43 bits per heavy atom. The predicted molar refractivity (Wildman–Crippen MR) is 57.0 cm³/mol. The van der Waals surface area contributed by atoms with E-state index in [0.717, 1.165) is 12.0 Å². The van der Waals surface area contributed by atoms with E-state index >= 15 is 0 Å². The summed E-state index contributed by atoms with van der Waals surface area (Å²) < 4.78 is 13.5. The number of halogens is 1. The first-order valence-electron chi connectivity index (χ1n) is 5.21. The summed E-state index contributed by atoms with van der Waals surface area (Å²) in [5.74, 6) is 0.372. The molecule has 0 aliphatic rings. The van der Waals surface area contributed by atoms with Crippen LogP contribution in [0.1, 0.15) is 57.2 Å². The van der Waals surface area contributed by atoms with Crippen molar-refractivity contribution in [3.63, 3.8) is 0 Å². The van der Waals surface area contributed by atoms with Crippen LogP contribution in [0.3, 0.4) is 0 Å². The summed E-state index contributed by atoms with van der Waals surface area (Å²) in [6, 6.07) is 1.62. The van der Waals surface area contributed by atoms with Gasteiger partial charge in [0.25, 0.3) is 0 Å². The highest BCUT2D eigenvalue weighted by Crippen LogP contribution is 2.22. The molecule has 0 radical (unpaired) electrons. The highest BCUT2D eigenvalue weighted by atomic mass is 19.1. The van der Waals surface area contributed by atoms with Crippen LogP contribution < -0.4 is 0 Å². The molecule has 1 heterocycles. The zero-order valence-electron chi connectivity index (χ0n) is 9.34. The van der Waals surface area contributed by atoms with Crippen LogP contribution in [0, 0.1) is 5.82 Å². The number of hydrogen-bond acceptors (Lipinski definition) is 1. The quantitative estimate of drug-likeness (QED) is 0.713. The van der Waals surface area contributed by atoms with Crippen molar-refractivity contribution in [2.75, 3.05) is 0 Å². The molecule has 1 aromatic rings. The highest BCUT2D eigenvalue weighted by Gasteiger charge is 2.11. The van der Waals surface area contributed by atoms with Crippen molar-refractivity contribution >= 4 is 0 Å². The molecule has 1 nitrogen and oxygen atoms in total. The van der Waals surface area contributed by atoms with Crippen LogP contribution in [0.2, 0.25) is 0 Å². The average molecular weight is 195 g/mol. The van der Waals surface area contributed by atoms with Gasteiger partial charge in [-0.15, -0.1) is 0 Å². The monoisotopic (exact) mass is 195 g/mol. The van der Waals surface area contributed by atoms with E-state index < -0.39 is 0 Å². The van der Waals surface area contributed by atoms with Gasteiger partial charge in [-0.3, -0.25) is 4.98 Å². The third kappa shape index (κ3) is 2.31. The average Bonchev–Trinajstić information content (AvgIpc) is 2.15. The van der Waals surface area contributed by atoms with Crippen LogP contribution in [-0.4, -0.2) is 4.98 Å². The van der Waals surface area contributed by atoms with Crippen LogP contribution >= 0.6 is 0 Å². The Hall–Kier alpha value is -0.920. The molecule has 14 heavy (non-hydrogen) atoms. The third-order valence-corrected chi connectivity index (χ3v) is 2.62. The van der Waals surface area contributed by atoms with Gasteiger partial charge < -0.3 is 0 Å². The van der Waals surface area contributed by atoms with Gasteiger partial charge in [0, 0.05) is 6.20 Å². The maximum absolute atomic E-state index is 13.5. The van der Waals surface area contributed by atoms with Crippen LogP contribution in [0.5, 0.6) is 0 Å². The second kappa shape index (κ2) is 4.54. The number of aromatic nitrogens is 1. The van der Waals surface area contributed by atoms with Crippen molar-refractivity contribution < 1.29 is 4.39 Å². The summed E-state index contributed by atoms with van der Waals surface area (Å²) >= 11 is 0. The van der Waals surface area contributed by atoms with Crippen molar-refractivity contribution in [1.82, 2.24) is 4.98 Å². The molecule has 1 atom stereocenters. The van der Waals surface area contributed by atoms with Gasteiger partial charge in [-0.2, -0.15) is 0 Å². The summed E-state index contributed by atoms with van der Waals surface area (Å²) in [6.45, 7) is 8.09. The van der Waals surface area contributed by atoms with E-state index in [4.69, 9.17) is 0 Å². The largest absolute Gasteiger partial charge is 0.258 e. The SMILES string of the molecule is CCC(C)c1cnc(C(C)C)c(F)c1. The number of rotatable bonds is 3. The Bertz CT molecular complexity index is 307. The Morgan fingerprint density at radius 1 is 1.36 bits per heavy atom. The van der Waals surface area contributed by atoms with Gasteiger partial charge in [-0.25, -0.2) is 4.39 Å². The van der Waals surface area contributed by atoms with Crippen molar-refractivity contribution in [2.45, 2.75) is 46.0 Å². The molecule has 1 unspecified atom stereocenters. The summed E-state index contributed by atoms with van der Waals surface area (Å²) in [7, 11) is 0. The van der Waals surface area contributed by atoms with E-state index in [9.17, 15) is 4.39 Å². The summed E-state index contributed by atoms with van der Waals surface area (Å²) in [6.07, 6.45) is 2.81. The Balaban J connectivity index is 3.00. The fraction of sp³-hybridized carbons (Fsp3) is 0.583. The van der Waals surface area contributed by atoms with Crippen molar-refractivity contribution in [3.8, 4) is 0 Å². The van der Waals surface area contributed by atoms with Gasteiger partial charge in [-0.1, -0.05) is 27.7 Å². The van der Waals surface area contributed by atoms with Crippen LogP contribution in [0.25, 0.3) is 0 Å². The molecule has 0 saturated carbocycles. The lowest BCUT2D eigenvalue weighted by Gasteiger charge is -2.11. The van der Waals surface area contributed by atoms with Gasteiger partial charge in [0.2, 0.25) is 0 Å². The van der Waals surface area contributed by atoms with E-state index in [-0.39, 0.29) is 11.7 Å². The normalized spacial score (nSPS) is 13.3. The summed E-state index contributed by atoms with van der Waals surface area (Å²) in [4.78, 5) is 4.17. The molecule has 2 heteroatoms. The topological polar surface area (TPSA) is 12.9 Å². The minimum absolute atomic E-state index is 0.154. The van der Waals surface area contributed by atoms with Crippen LogP contribution in [0.4, 0.5) is 4.39 Å².